The Labute approximate surface area is 133 Å². The van der Waals surface area contributed by atoms with Crippen molar-refractivity contribution in [2.45, 2.75) is 20.3 Å². The van der Waals surface area contributed by atoms with Gasteiger partial charge in [-0.3, -0.25) is 0 Å². The standard InChI is InChI=1S/C16H30O6/c1-4-15(3)14-21-11-10-19-7-6-18-8-9-20-12-13-22-16(17)5-2/h5,15H,2,4,6-14H2,1,3H3. The lowest BCUT2D eigenvalue weighted by atomic mass is 10.1. The highest BCUT2D eigenvalue weighted by molar-refractivity contribution is 5.81. The van der Waals surface area contributed by atoms with E-state index in [1.54, 1.807) is 0 Å². The van der Waals surface area contributed by atoms with Gasteiger partial charge in [-0.25, -0.2) is 4.79 Å². The molecule has 0 spiro atoms. The van der Waals surface area contributed by atoms with Crippen molar-refractivity contribution >= 4 is 5.97 Å². The first-order valence-electron chi connectivity index (χ1n) is 7.80. The minimum atomic E-state index is -0.440. The summed E-state index contributed by atoms with van der Waals surface area (Å²) in [5.41, 5.74) is 0. The SMILES string of the molecule is C=CC(=O)OCCOCCOCCOCCOCC(C)CC. The summed E-state index contributed by atoms with van der Waals surface area (Å²) in [7, 11) is 0. The maximum absolute atomic E-state index is 10.7. The van der Waals surface area contributed by atoms with Gasteiger partial charge in [0, 0.05) is 12.7 Å². The molecule has 0 radical (unpaired) electrons. The molecular weight excluding hydrogens is 288 g/mol. The quantitative estimate of drug-likeness (QED) is 0.246. The zero-order chi connectivity index (χ0) is 16.5. The molecule has 1 unspecified atom stereocenters. The van der Waals surface area contributed by atoms with E-state index in [9.17, 15) is 4.79 Å². The Morgan fingerprint density at radius 1 is 0.909 bits per heavy atom. The zero-order valence-corrected chi connectivity index (χ0v) is 13.9. The number of hydrogen-bond donors (Lipinski definition) is 0. The van der Waals surface area contributed by atoms with Gasteiger partial charge in [0.1, 0.15) is 6.61 Å². The van der Waals surface area contributed by atoms with Crippen LogP contribution in [0.25, 0.3) is 0 Å². The molecule has 0 saturated heterocycles. The summed E-state index contributed by atoms with van der Waals surface area (Å²) in [6, 6.07) is 0. The molecule has 0 amide bonds. The van der Waals surface area contributed by atoms with Gasteiger partial charge in [-0.15, -0.1) is 0 Å². The number of rotatable bonds is 16. The van der Waals surface area contributed by atoms with Gasteiger partial charge in [0.2, 0.25) is 0 Å². The monoisotopic (exact) mass is 318 g/mol. The van der Waals surface area contributed by atoms with E-state index in [2.05, 4.69) is 20.4 Å². The van der Waals surface area contributed by atoms with E-state index < -0.39 is 5.97 Å². The summed E-state index contributed by atoms with van der Waals surface area (Å²) in [6.45, 7) is 12.2. The Morgan fingerprint density at radius 3 is 1.82 bits per heavy atom. The molecular formula is C16H30O6. The van der Waals surface area contributed by atoms with Crippen LogP contribution in [-0.2, 0) is 28.5 Å². The summed E-state index contributed by atoms with van der Waals surface area (Å²) in [4.78, 5) is 10.7. The second-order valence-electron chi connectivity index (χ2n) is 4.80. The summed E-state index contributed by atoms with van der Waals surface area (Å²) >= 11 is 0. The lowest BCUT2D eigenvalue weighted by Gasteiger charge is -2.10. The molecule has 1 atom stereocenters. The Balaban J connectivity index is 3.05. The van der Waals surface area contributed by atoms with Crippen LogP contribution >= 0.6 is 0 Å². The second kappa shape index (κ2) is 16.4. The lowest BCUT2D eigenvalue weighted by Crippen LogP contribution is -2.14. The molecule has 6 nitrogen and oxygen atoms in total. The van der Waals surface area contributed by atoms with Crippen LogP contribution in [0.1, 0.15) is 20.3 Å². The fourth-order valence-corrected chi connectivity index (χ4v) is 1.32. The van der Waals surface area contributed by atoms with Crippen LogP contribution < -0.4 is 0 Å². The highest BCUT2D eigenvalue weighted by atomic mass is 16.6. The predicted octanol–water partition coefficient (Wildman–Crippen LogP) is 1.83. The smallest absolute Gasteiger partial charge is 0.330 e. The lowest BCUT2D eigenvalue weighted by molar-refractivity contribution is -0.139. The molecule has 0 aromatic heterocycles. The van der Waals surface area contributed by atoms with Gasteiger partial charge in [0.15, 0.2) is 0 Å². The van der Waals surface area contributed by atoms with Crippen molar-refractivity contribution < 1.29 is 28.5 Å². The molecule has 22 heavy (non-hydrogen) atoms. The van der Waals surface area contributed by atoms with Crippen LogP contribution in [0.2, 0.25) is 0 Å². The largest absolute Gasteiger partial charge is 0.460 e. The first-order chi connectivity index (χ1) is 10.7. The van der Waals surface area contributed by atoms with Crippen molar-refractivity contribution in [2.24, 2.45) is 5.92 Å². The molecule has 0 aliphatic carbocycles. The van der Waals surface area contributed by atoms with Crippen molar-refractivity contribution in [3.05, 3.63) is 12.7 Å². The van der Waals surface area contributed by atoms with Crippen LogP contribution in [0.15, 0.2) is 12.7 Å². The maximum atomic E-state index is 10.7. The Bertz CT molecular complexity index is 269. The summed E-state index contributed by atoms with van der Waals surface area (Å²) in [5, 5.41) is 0. The summed E-state index contributed by atoms with van der Waals surface area (Å²) in [5.74, 6) is 0.161. The molecule has 0 fully saturated rings. The molecule has 0 aliphatic rings. The molecule has 0 aliphatic heterocycles. The average Bonchev–Trinajstić information content (AvgIpc) is 2.54. The van der Waals surface area contributed by atoms with Crippen LogP contribution in [0, 0.1) is 5.92 Å². The molecule has 0 N–H and O–H groups in total. The fourth-order valence-electron chi connectivity index (χ4n) is 1.32. The van der Waals surface area contributed by atoms with Crippen LogP contribution in [0.3, 0.4) is 0 Å². The van der Waals surface area contributed by atoms with Gasteiger partial charge in [-0.05, 0) is 5.92 Å². The van der Waals surface area contributed by atoms with E-state index in [1.807, 2.05) is 0 Å². The van der Waals surface area contributed by atoms with Crippen molar-refractivity contribution in [2.75, 3.05) is 59.5 Å². The number of esters is 1. The fraction of sp³-hybridized carbons (Fsp3) is 0.812. The van der Waals surface area contributed by atoms with E-state index >= 15 is 0 Å². The maximum Gasteiger partial charge on any atom is 0.330 e. The molecule has 6 heteroatoms. The van der Waals surface area contributed by atoms with Gasteiger partial charge < -0.3 is 23.7 Å². The number of ether oxygens (including phenoxy) is 5. The molecule has 130 valence electrons. The highest BCUT2D eigenvalue weighted by Gasteiger charge is 1.98. The molecule has 0 heterocycles. The third kappa shape index (κ3) is 15.4. The van der Waals surface area contributed by atoms with Gasteiger partial charge in [-0.1, -0.05) is 26.8 Å². The van der Waals surface area contributed by atoms with Crippen LogP contribution in [0.4, 0.5) is 0 Å². The van der Waals surface area contributed by atoms with Crippen molar-refractivity contribution in [1.82, 2.24) is 0 Å². The Morgan fingerprint density at radius 2 is 1.36 bits per heavy atom. The normalized spacial score (nSPS) is 12.1. The summed E-state index contributed by atoms with van der Waals surface area (Å²) in [6.07, 6.45) is 2.26. The molecule has 0 aromatic rings. The highest BCUT2D eigenvalue weighted by Crippen LogP contribution is 1.99. The van der Waals surface area contributed by atoms with E-state index in [0.29, 0.717) is 52.2 Å². The van der Waals surface area contributed by atoms with Crippen LogP contribution in [-0.4, -0.2) is 65.4 Å². The minimum absolute atomic E-state index is 0.227. The van der Waals surface area contributed by atoms with E-state index in [4.69, 9.17) is 23.7 Å². The van der Waals surface area contributed by atoms with Gasteiger partial charge >= 0.3 is 5.97 Å². The summed E-state index contributed by atoms with van der Waals surface area (Å²) < 4.78 is 26.1. The second-order valence-corrected chi connectivity index (χ2v) is 4.80. The van der Waals surface area contributed by atoms with Crippen molar-refractivity contribution in [1.29, 1.82) is 0 Å². The minimum Gasteiger partial charge on any atom is -0.460 e. The predicted molar refractivity (Wildman–Crippen MR) is 83.9 cm³/mol. The molecule has 0 bridgehead atoms. The van der Waals surface area contributed by atoms with Gasteiger partial charge in [-0.2, -0.15) is 0 Å². The Hall–Kier alpha value is -0.950. The average molecular weight is 318 g/mol. The van der Waals surface area contributed by atoms with Gasteiger partial charge in [0.05, 0.1) is 46.2 Å². The number of carbonyl (C=O) groups is 1. The van der Waals surface area contributed by atoms with E-state index in [-0.39, 0.29) is 6.61 Å². The van der Waals surface area contributed by atoms with E-state index in [0.717, 1.165) is 19.1 Å². The third-order valence-corrected chi connectivity index (χ3v) is 2.85. The van der Waals surface area contributed by atoms with Gasteiger partial charge in [0.25, 0.3) is 0 Å². The Kier molecular flexibility index (Phi) is 15.7. The third-order valence-electron chi connectivity index (χ3n) is 2.85. The first kappa shape index (κ1) is 21.0. The van der Waals surface area contributed by atoms with Crippen molar-refractivity contribution in [3.8, 4) is 0 Å². The molecule has 0 aromatic carbocycles. The molecule has 0 saturated carbocycles. The number of carbonyl (C=O) groups excluding carboxylic acids is 1. The topological polar surface area (TPSA) is 63.2 Å². The number of hydrogen-bond acceptors (Lipinski definition) is 6. The first-order valence-corrected chi connectivity index (χ1v) is 7.80. The van der Waals surface area contributed by atoms with Crippen molar-refractivity contribution in [3.63, 3.8) is 0 Å². The van der Waals surface area contributed by atoms with Crippen LogP contribution in [0.5, 0.6) is 0 Å². The van der Waals surface area contributed by atoms with E-state index in [1.165, 1.54) is 0 Å². The zero-order valence-electron chi connectivity index (χ0n) is 13.9. The molecule has 0 rings (SSSR count).